The van der Waals surface area contributed by atoms with E-state index >= 15 is 0 Å². The molecule has 0 spiro atoms. The SMILES string of the molecule is CCN(CC)CCOc1ccc(Nc2nc(C)cc(-c3ccc(OCCc4ccc5c(c4)OCO5)cc3)n2)cc1. The van der Waals surface area contributed by atoms with E-state index in [2.05, 4.69) is 29.0 Å². The van der Waals surface area contributed by atoms with E-state index < -0.39 is 0 Å². The quantitative estimate of drug-likeness (QED) is 0.213. The summed E-state index contributed by atoms with van der Waals surface area (Å²) in [6, 6.07) is 23.8. The highest BCUT2D eigenvalue weighted by molar-refractivity contribution is 5.63. The van der Waals surface area contributed by atoms with E-state index in [0.717, 1.165) is 77.3 Å². The van der Waals surface area contributed by atoms with Crippen molar-refractivity contribution in [1.29, 1.82) is 0 Å². The second-order valence-corrected chi connectivity index (χ2v) is 9.55. The molecule has 0 unspecified atom stereocenters. The van der Waals surface area contributed by atoms with Gasteiger partial charge in [0.2, 0.25) is 12.7 Å². The third-order valence-electron chi connectivity index (χ3n) is 6.78. The Morgan fingerprint density at radius 1 is 0.800 bits per heavy atom. The number of fused-ring (bicyclic) bond motifs is 1. The van der Waals surface area contributed by atoms with Gasteiger partial charge in [-0.15, -0.1) is 0 Å². The van der Waals surface area contributed by atoms with Crippen LogP contribution in [0.5, 0.6) is 23.0 Å². The van der Waals surface area contributed by atoms with E-state index in [9.17, 15) is 0 Å². The topological polar surface area (TPSA) is 78.0 Å². The first kappa shape index (κ1) is 27.3. The average molecular weight is 541 g/mol. The van der Waals surface area contributed by atoms with Crippen molar-refractivity contribution in [2.45, 2.75) is 27.2 Å². The predicted molar refractivity (Wildman–Crippen MR) is 157 cm³/mol. The lowest BCUT2D eigenvalue weighted by Crippen LogP contribution is -2.27. The maximum Gasteiger partial charge on any atom is 0.231 e. The zero-order valence-electron chi connectivity index (χ0n) is 23.4. The Kier molecular flexibility index (Phi) is 8.98. The van der Waals surface area contributed by atoms with Gasteiger partial charge in [0.15, 0.2) is 11.5 Å². The summed E-state index contributed by atoms with van der Waals surface area (Å²) in [6.45, 7) is 10.8. The minimum Gasteiger partial charge on any atom is -0.493 e. The molecule has 2 heterocycles. The highest BCUT2D eigenvalue weighted by Crippen LogP contribution is 2.32. The molecular formula is C32H36N4O4. The number of aromatic nitrogens is 2. The number of benzene rings is 3. The Labute approximate surface area is 235 Å². The van der Waals surface area contributed by atoms with Crippen molar-refractivity contribution in [3.05, 3.63) is 84.1 Å². The number of anilines is 2. The third-order valence-corrected chi connectivity index (χ3v) is 6.78. The van der Waals surface area contributed by atoms with Crippen LogP contribution in [0.4, 0.5) is 11.6 Å². The van der Waals surface area contributed by atoms with Gasteiger partial charge < -0.3 is 29.2 Å². The summed E-state index contributed by atoms with van der Waals surface area (Å²) in [7, 11) is 0. The summed E-state index contributed by atoms with van der Waals surface area (Å²) in [5.74, 6) is 3.80. The van der Waals surface area contributed by atoms with Crippen LogP contribution in [0, 0.1) is 6.92 Å². The van der Waals surface area contributed by atoms with E-state index in [1.807, 2.05) is 79.7 Å². The van der Waals surface area contributed by atoms with Crippen LogP contribution >= 0.6 is 0 Å². The molecule has 208 valence electrons. The largest absolute Gasteiger partial charge is 0.493 e. The molecule has 0 aliphatic carbocycles. The summed E-state index contributed by atoms with van der Waals surface area (Å²) < 4.78 is 22.7. The first-order valence-electron chi connectivity index (χ1n) is 13.8. The molecular weight excluding hydrogens is 504 g/mol. The first-order valence-corrected chi connectivity index (χ1v) is 13.8. The van der Waals surface area contributed by atoms with Gasteiger partial charge >= 0.3 is 0 Å². The zero-order chi connectivity index (χ0) is 27.7. The van der Waals surface area contributed by atoms with Crippen molar-refractivity contribution in [2.24, 2.45) is 0 Å². The summed E-state index contributed by atoms with van der Waals surface area (Å²) in [4.78, 5) is 11.7. The van der Waals surface area contributed by atoms with Crippen molar-refractivity contribution in [1.82, 2.24) is 14.9 Å². The lowest BCUT2D eigenvalue weighted by Gasteiger charge is -2.18. The van der Waals surface area contributed by atoms with Crippen molar-refractivity contribution >= 4 is 11.6 Å². The smallest absolute Gasteiger partial charge is 0.231 e. The number of nitrogens with zero attached hydrogens (tertiary/aromatic N) is 3. The molecule has 0 radical (unpaired) electrons. The molecule has 5 rings (SSSR count). The molecule has 1 aliphatic heterocycles. The molecule has 0 saturated carbocycles. The van der Waals surface area contributed by atoms with Crippen LogP contribution in [0.25, 0.3) is 11.3 Å². The fraction of sp³-hybridized carbons (Fsp3) is 0.312. The molecule has 8 nitrogen and oxygen atoms in total. The molecule has 1 aliphatic rings. The second-order valence-electron chi connectivity index (χ2n) is 9.55. The monoisotopic (exact) mass is 540 g/mol. The fourth-order valence-electron chi connectivity index (χ4n) is 4.47. The van der Waals surface area contributed by atoms with Crippen LogP contribution in [-0.2, 0) is 6.42 Å². The minimum atomic E-state index is 0.283. The number of hydrogen-bond donors (Lipinski definition) is 1. The van der Waals surface area contributed by atoms with Gasteiger partial charge in [-0.2, -0.15) is 0 Å². The molecule has 0 amide bonds. The van der Waals surface area contributed by atoms with Crippen LogP contribution in [0.1, 0.15) is 25.1 Å². The van der Waals surface area contributed by atoms with E-state index in [4.69, 9.17) is 23.9 Å². The Bertz CT molecular complexity index is 1390. The first-order chi connectivity index (χ1) is 19.6. The molecule has 0 bridgehead atoms. The van der Waals surface area contributed by atoms with Gasteiger partial charge in [0, 0.05) is 29.9 Å². The third kappa shape index (κ3) is 7.21. The number of aryl methyl sites for hydroxylation is 1. The van der Waals surface area contributed by atoms with Gasteiger partial charge in [0.1, 0.15) is 18.1 Å². The summed E-state index contributed by atoms with van der Waals surface area (Å²) in [5.41, 5.74) is 4.77. The molecule has 0 fully saturated rings. The number of rotatable bonds is 13. The Morgan fingerprint density at radius 2 is 1.50 bits per heavy atom. The predicted octanol–water partition coefficient (Wildman–Crippen LogP) is 6.27. The van der Waals surface area contributed by atoms with E-state index in [1.165, 1.54) is 0 Å². The summed E-state index contributed by atoms with van der Waals surface area (Å²) >= 11 is 0. The van der Waals surface area contributed by atoms with E-state index in [0.29, 0.717) is 19.2 Å². The summed E-state index contributed by atoms with van der Waals surface area (Å²) in [5, 5.41) is 3.32. The van der Waals surface area contributed by atoms with Gasteiger partial charge in [-0.1, -0.05) is 19.9 Å². The summed E-state index contributed by atoms with van der Waals surface area (Å²) in [6.07, 6.45) is 0.780. The Balaban J connectivity index is 1.15. The lowest BCUT2D eigenvalue weighted by molar-refractivity contribution is 0.174. The van der Waals surface area contributed by atoms with Crippen LogP contribution < -0.4 is 24.3 Å². The van der Waals surface area contributed by atoms with Gasteiger partial charge in [0.25, 0.3) is 0 Å². The molecule has 1 aromatic heterocycles. The molecule has 1 N–H and O–H groups in total. The maximum absolute atomic E-state index is 5.97. The lowest BCUT2D eigenvalue weighted by atomic mass is 10.1. The van der Waals surface area contributed by atoms with Gasteiger partial charge in [-0.05, 0) is 92.3 Å². The number of ether oxygens (including phenoxy) is 4. The van der Waals surface area contributed by atoms with E-state index in [1.54, 1.807) is 0 Å². The molecule has 0 atom stereocenters. The Hall–Kier alpha value is -4.30. The molecule has 4 aromatic rings. The van der Waals surface area contributed by atoms with Crippen molar-refractivity contribution < 1.29 is 18.9 Å². The normalized spacial score (nSPS) is 12.0. The molecule has 40 heavy (non-hydrogen) atoms. The highest BCUT2D eigenvalue weighted by Gasteiger charge is 2.13. The van der Waals surface area contributed by atoms with Crippen LogP contribution in [0.15, 0.2) is 72.8 Å². The van der Waals surface area contributed by atoms with Gasteiger partial charge in [0.05, 0.1) is 12.3 Å². The Morgan fingerprint density at radius 3 is 2.25 bits per heavy atom. The second kappa shape index (κ2) is 13.2. The number of hydrogen-bond acceptors (Lipinski definition) is 8. The maximum atomic E-state index is 5.97. The van der Waals surface area contributed by atoms with Gasteiger partial charge in [-0.25, -0.2) is 9.97 Å². The minimum absolute atomic E-state index is 0.283. The van der Waals surface area contributed by atoms with Crippen molar-refractivity contribution in [2.75, 3.05) is 45.0 Å². The molecule has 0 saturated heterocycles. The number of nitrogens with one attached hydrogen (secondary N) is 1. The standard InChI is InChI=1S/C32H36N4O4/c1-4-36(5-2)17-19-38-28-13-9-26(10-14-28)34-32-33-23(3)20-29(35-32)25-7-11-27(12-8-25)37-18-16-24-6-15-30-31(21-24)40-22-39-30/h6-15,20-21H,4-5,16-19,22H2,1-3H3,(H,33,34,35). The molecule has 8 heteroatoms. The van der Waals surface area contributed by atoms with Crippen molar-refractivity contribution in [3.8, 4) is 34.3 Å². The molecule has 3 aromatic carbocycles. The van der Waals surface area contributed by atoms with Crippen LogP contribution in [0.3, 0.4) is 0 Å². The van der Waals surface area contributed by atoms with Crippen molar-refractivity contribution in [3.63, 3.8) is 0 Å². The fourth-order valence-corrected chi connectivity index (χ4v) is 4.47. The van der Waals surface area contributed by atoms with Gasteiger partial charge in [-0.3, -0.25) is 0 Å². The average Bonchev–Trinajstić information content (AvgIpc) is 3.44. The zero-order valence-corrected chi connectivity index (χ0v) is 23.4. The van der Waals surface area contributed by atoms with Crippen LogP contribution in [-0.4, -0.2) is 54.5 Å². The van der Waals surface area contributed by atoms with E-state index in [-0.39, 0.29) is 6.79 Å². The van der Waals surface area contributed by atoms with Crippen LogP contribution in [0.2, 0.25) is 0 Å². The highest BCUT2D eigenvalue weighted by atomic mass is 16.7. The number of likely N-dealkylation sites (N-methyl/N-ethyl adjacent to an activating group) is 1.